The number of nitrogens with zero attached hydrogens (tertiary/aromatic N) is 2. The summed E-state index contributed by atoms with van der Waals surface area (Å²) in [5.41, 5.74) is 2.86. The highest BCUT2D eigenvalue weighted by atomic mass is 16.5. The first-order chi connectivity index (χ1) is 10.6. The Bertz CT molecular complexity index is 905. The van der Waals surface area contributed by atoms with E-state index in [0.29, 0.717) is 33.2 Å². The zero-order valence-electron chi connectivity index (χ0n) is 12.0. The van der Waals surface area contributed by atoms with Crippen LogP contribution in [-0.2, 0) is 9.47 Å². The van der Waals surface area contributed by atoms with E-state index in [9.17, 15) is 9.59 Å². The van der Waals surface area contributed by atoms with Crippen LogP contribution in [0.25, 0.3) is 22.1 Å². The number of fused-ring (bicyclic) bond motifs is 2. The second-order valence-corrected chi connectivity index (χ2v) is 4.58. The van der Waals surface area contributed by atoms with E-state index in [2.05, 4.69) is 9.97 Å². The molecule has 0 aliphatic heterocycles. The summed E-state index contributed by atoms with van der Waals surface area (Å²) in [5.74, 6) is -0.937. The van der Waals surface area contributed by atoms with Crippen LogP contribution in [0, 0.1) is 0 Å². The fourth-order valence-corrected chi connectivity index (χ4v) is 2.22. The third-order valence-corrected chi connectivity index (χ3v) is 3.29. The molecular formula is C16H12N2O4. The lowest BCUT2D eigenvalue weighted by molar-refractivity contribution is 0.0592. The molecule has 0 aliphatic rings. The molecule has 0 bridgehead atoms. The number of benzene rings is 2. The van der Waals surface area contributed by atoms with Crippen LogP contribution in [0.3, 0.4) is 0 Å². The van der Waals surface area contributed by atoms with Gasteiger partial charge in [0, 0.05) is 0 Å². The van der Waals surface area contributed by atoms with E-state index < -0.39 is 11.9 Å². The van der Waals surface area contributed by atoms with Gasteiger partial charge in [-0.05, 0) is 30.3 Å². The summed E-state index contributed by atoms with van der Waals surface area (Å²) in [6.07, 6.45) is 0. The Kier molecular flexibility index (Phi) is 3.42. The second kappa shape index (κ2) is 5.40. The number of aromatic nitrogens is 2. The highest BCUT2D eigenvalue weighted by Gasteiger charge is 2.14. The van der Waals surface area contributed by atoms with Crippen molar-refractivity contribution in [3.8, 4) is 0 Å². The number of para-hydroxylation sites is 1. The minimum Gasteiger partial charge on any atom is -0.465 e. The molecule has 3 aromatic rings. The van der Waals surface area contributed by atoms with Crippen molar-refractivity contribution in [3.05, 3.63) is 47.5 Å². The summed E-state index contributed by atoms with van der Waals surface area (Å²) < 4.78 is 9.45. The van der Waals surface area contributed by atoms with Crippen molar-refractivity contribution in [2.24, 2.45) is 0 Å². The lowest BCUT2D eigenvalue weighted by Gasteiger charge is -2.06. The van der Waals surface area contributed by atoms with E-state index in [0.717, 1.165) is 0 Å². The topological polar surface area (TPSA) is 78.4 Å². The van der Waals surface area contributed by atoms with E-state index in [1.54, 1.807) is 36.4 Å². The van der Waals surface area contributed by atoms with Gasteiger partial charge in [-0.3, -0.25) is 0 Å². The minimum absolute atomic E-state index is 0.331. The Morgan fingerprint density at radius 2 is 1.64 bits per heavy atom. The largest absolute Gasteiger partial charge is 0.465 e. The molecule has 0 fully saturated rings. The number of carbonyl (C=O) groups excluding carboxylic acids is 2. The molecule has 6 heteroatoms. The zero-order valence-corrected chi connectivity index (χ0v) is 12.0. The van der Waals surface area contributed by atoms with Gasteiger partial charge in [0.25, 0.3) is 0 Å². The molecule has 3 rings (SSSR count). The van der Waals surface area contributed by atoms with E-state index in [1.807, 2.05) is 0 Å². The molecule has 110 valence electrons. The van der Waals surface area contributed by atoms with Crippen molar-refractivity contribution >= 4 is 34.0 Å². The molecule has 1 heterocycles. The Morgan fingerprint density at radius 3 is 2.36 bits per heavy atom. The third kappa shape index (κ3) is 2.24. The first-order valence-corrected chi connectivity index (χ1v) is 6.51. The zero-order chi connectivity index (χ0) is 15.7. The van der Waals surface area contributed by atoms with Gasteiger partial charge in [-0.15, -0.1) is 0 Å². The van der Waals surface area contributed by atoms with Crippen molar-refractivity contribution in [2.45, 2.75) is 0 Å². The third-order valence-electron chi connectivity index (χ3n) is 3.29. The molecule has 0 saturated heterocycles. The molecule has 0 radical (unpaired) electrons. The van der Waals surface area contributed by atoms with Gasteiger partial charge in [0.05, 0.1) is 41.9 Å². The first kappa shape index (κ1) is 13.9. The average Bonchev–Trinajstić information content (AvgIpc) is 2.57. The summed E-state index contributed by atoms with van der Waals surface area (Å²) in [7, 11) is 2.62. The molecular weight excluding hydrogens is 284 g/mol. The van der Waals surface area contributed by atoms with Gasteiger partial charge in [-0.2, -0.15) is 0 Å². The molecule has 0 atom stereocenters. The molecule has 0 amide bonds. The van der Waals surface area contributed by atoms with Gasteiger partial charge in [-0.1, -0.05) is 6.07 Å². The van der Waals surface area contributed by atoms with Crippen LogP contribution >= 0.6 is 0 Å². The van der Waals surface area contributed by atoms with Crippen LogP contribution < -0.4 is 0 Å². The summed E-state index contributed by atoms with van der Waals surface area (Å²) in [4.78, 5) is 32.3. The van der Waals surface area contributed by atoms with E-state index in [1.165, 1.54) is 14.2 Å². The van der Waals surface area contributed by atoms with Crippen molar-refractivity contribution in [2.75, 3.05) is 14.2 Å². The molecule has 22 heavy (non-hydrogen) atoms. The molecule has 1 aromatic heterocycles. The van der Waals surface area contributed by atoms with Gasteiger partial charge >= 0.3 is 11.9 Å². The number of carbonyl (C=O) groups is 2. The van der Waals surface area contributed by atoms with Crippen LogP contribution in [0.2, 0.25) is 0 Å². The Balaban J connectivity index is 2.28. The summed E-state index contributed by atoms with van der Waals surface area (Å²) >= 11 is 0. The van der Waals surface area contributed by atoms with E-state index in [-0.39, 0.29) is 0 Å². The van der Waals surface area contributed by atoms with Gasteiger partial charge in [0.1, 0.15) is 5.52 Å². The number of rotatable bonds is 2. The Morgan fingerprint density at radius 1 is 0.864 bits per heavy atom. The number of ether oxygens (including phenoxy) is 2. The average molecular weight is 296 g/mol. The highest BCUT2D eigenvalue weighted by molar-refractivity contribution is 6.04. The summed E-state index contributed by atoms with van der Waals surface area (Å²) in [5, 5.41) is 0. The predicted molar refractivity (Wildman–Crippen MR) is 79.7 cm³/mol. The lowest BCUT2D eigenvalue weighted by Crippen LogP contribution is -2.04. The SMILES string of the molecule is COC(=O)c1ccc2nc3cccc(C(=O)OC)c3nc2c1. The number of methoxy groups -OCH3 is 2. The maximum absolute atomic E-state index is 11.8. The van der Waals surface area contributed by atoms with Crippen molar-refractivity contribution in [1.82, 2.24) is 9.97 Å². The number of esters is 2. The minimum atomic E-state index is -0.483. The predicted octanol–water partition coefficient (Wildman–Crippen LogP) is 2.36. The van der Waals surface area contributed by atoms with Crippen molar-refractivity contribution in [3.63, 3.8) is 0 Å². The number of hydrogen-bond acceptors (Lipinski definition) is 6. The first-order valence-electron chi connectivity index (χ1n) is 6.51. The van der Waals surface area contributed by atoms with E-state index in [4.69, 9.17) is 9.47 Å². The standard InChI is InChI=1S/C16H12N2O4/c1-21-15(19)9-6-7-11-13(8-9)18-14-10(16(20)22-2)4-3-5-12(14)17-11/h3-8H,1-2H3. The van der Waals surface area contributed by atoms with Crippen LogP contribution in [0.1, 0.15) is 20.7 Å². The van der Waals surface area contributed by atoms with Gasteiger partial charge < -0.3 is 9.47 Å². The molecule has 2 aromatic carbocycles. The normalized spacial score (nSPS) is 10.6. The van der Waals surface area contributed by atoms with Crippen molar-refractivity contribution in [1.29, 1.82) is 0 Å². The fourth-order valence-electron chi connectivity index (χ4n) is 2.22. The maximum atomic E-state index is 11.8. The van der Waals surface area contributed by atoms with Crippen molar-refractivity contribution < 1.29 is 19.1 Å². The summed E-state index contributed by atoms with van der Waals surface area (Å²) in [6.45, 7) is 0. The molecule has 0 saturated carbocycles. The van der Waals surface area contributed by atoms with Gasteiger partial charge in [-0.25, -0.2) is 19.6 Å². The monoisotopic (exact) mass is 296 g/mol. The van der Waals surface area contributed by atoms with Crippen LogP contribution in [0.5, 0.6) is 0 Å². The number of hydrogen-bond donors (Lipinski definition) is 0. The molecule has 6 nitrogen and oxygen atoms in total. The molecule has 0 N–H and O–H groups in total. The van der Waals surface area contributed by atoms with Gasteiger partial charge in [0.15, 0.2) is 0 Å². The smallest absolute Gasteiger partial charge is 0.340 e. The highest BCUT2D eigenvalue weighted by Crippen LogP contribution is 2.21. The molecule has 0 spiro atoms. The van der Waals surface area contributed by atoms with Crippen LogP contribution in [0.4, 0.5) is 0 Å². The second-order valence-electron chi connectivity index (χ2n) is 4.58. The van der Waals surface area contributed by atoms with Crippen LogP contribution in [0.15, 0.2) is 36.4 Å². The maximum Gasteiger partial charge on any atom is 0.340 e. The van der Waals surface area contributed by atoms with Crippen LogP contribution in [-0.4, -0.2) is 36.1 Å². The quantitative estimate of drug-likeness (QED) is 0.533. The Hall–Kier alpha value is -3.02. The fraction of sp³-hybridized carbons (Fsp3) is 0.125. The molecule has 0 unspecified atom stereocenters. The molecule has 0 aliphatic carbocycles. The van der Waals surface area contributed by atoms with Gasteiger partial charge in [0.2, 0.25) is 0 Å². The Labute approximate surface area is 125 Å². The van der Waals surface area contributed by atoms with E-state index >= 15 is 0 Å². The lowest BCUT2D eigenvalue weighted by atomic mass is 10.1. The summed E-state index contributed by atoms with van der Waals surface area (Å²) in [6, 6.07) is 10.0.